The first-order chi connectivity index (χ1) is 12.6. The van der Waals surface area contributed by atoms with E-state index in [1.807, 2.05) is 36.0 Å². The van der Waals surface area contributed by atoms with Crippen LogP contribution in [0.15, 0.2) is 29.6 Å². The second-order valence-corrected chi connectivity index (χ2v) is 7.30. The molecule has 3 aromatic heterocycles. The molecule has 0 aliphatic heterocycles. The number of amides is 1. The van der Waals surface area contributed by atoms with Crippen LogP contribution in [-0.2, 0) is 6.42 Å². The quantitative estimate of drug-likeness (QED) is 0.572. The van der Waals surface area contributed by atoms with E-state index in [9.17, 15) is 4.79 Å². The first kappa shape index (κ1) is 16.8. The van der Waals surface area contributed by atoms with Crippen molar-refractivity contribution in [2.24, 2.45) is 0 Å². The lowest BCUT2D eigenvalue weighted by atomic mass is 10.2. The predicted octanol–water partition coefficient (Wildman–Crippen LogP) is 2.92. The Kier molecular flexibility index (Phi) is 4.48. The van der Waals surface area contributed by atoms with Gasteiger partial charge in [0.15, 0.2) is 0 Å². The number of nitrogens with one attached hydrogen (secondary N) is 1. The number of fused-ring (bicyclic) bond motifs is 1. The predicted molar refractivity (Wildman–Crippen MR) is 102 cm³/mol. The Labute approximate surface area is 158 Å². The first-order valence-electron chi connectivity index (χ1n) is 8.09. The Morgan fingerprint density at radius 3 is 2.85 bits per heavy atom. The summed E-state index contributed by atoms with van der Waals surface area (Å²) in [4.78, 5) is 16.9. The highest BCUT2D eigenvalue weighted by atomic mass is 32.1. The Morgan fingerprint density at radius 2 is 2.04 bits per heavy atom. The topological polar surface area (TPSA) is 85.6 Å². The van der Waals surface area contributed by atoms with E-state index < -0.39 is 0 Å². The SMILES string of the molecule is Cc1cc(C)n(-c2nc(CCNC(=O)c3ccc4nsnc4c3)cs2)n1. The second kappa shape index (κ2) is 6.93. The van der Waals surface area contributed by atoms with Crippen molar-refractivity contribution in [3.8, 4) is 5.13 Å². The van der Waals surface area contributed by atoms with Crippen LogP contribution in [0.5, 0.6) is 0 Å². The molecular formula is C17H16N6OS2. The van der Waals surface area contributed by atoms with E-state index >= 15 is 0 Å². The average molecular weight is 384 g/mol. The number of hydrogen-bond acceptors (Lipinski definition) is 7. The second-order valence-electron chi connectivity index (χ2n) is 5.93. The lowest BCUT2D eigenvalue weighted by Crippen LogP contribution is -2.25. The fourth-order valence-electron chi connectivity index (χ4n) is 2.66. The van der Waals surface area contributed by atoms with Crippen molar-refractivity contribution in [3.63, 3.8) is 0 Å². The maximum absolute atomic E-state index is 12.3. The minimum absolute atomic E-state index is 0.117. The van der Waals surface area contributed by atoms with Crippen LogP contribution in [0.25, 0.3) is 16.2 Å². The molecule has 0 saturated heterocycles. The molecule has 0 unspecified atom stereocenters. The van der Waals surface area contributed by atoms with Crippen molar-refractivity contribution >= 4 is 40.0 Å². The summed E-state index contributed by atoms with van der Waals surface area (Å²) in [6.45, 7) is 4.50. The van der Waals surface area contributed by atoms with Crippen molar-refractivity contribution < 1.29 is 4.79 Å². The lowest BCUT2D eigenvalue weighted by Gasteiger charge is -2.04. The van der Waals surface area contributed by atoms with Crippen LogP contribution in [0.2, 0.25) is 0 Å². The Morgan fingerprint density at radius 1 is 1.19 bits per heavy atom. The van der Waals surface area contributed by atoms with Crippen molar-refractivity contribution in [2.75, 3.05) is 6.54 Å². The molecule has 1 amide bonds. The van der Waals surface area contributed by atoms with E-state index in [0.29, 0.717) is 18.5 Å². The van der Waals surface area contributed by atoms with Crippen molar-refractivity contribution in [1.82, 2.24) is 28.8 Å². The summed E-state index contributed by atoms with van der Waals surface area (Å²) in [5.74, 6) is -0.117. The normalized spacial score (nSPS) is 11.2. The van der Waals surface area contributed by atoms with Gasteiger partial charge in [-0.1, -0.05) is 0 Å². The molecule has 0 spiro atoms. The molecule has 0 radical (unpaired) electrons. The van der Waals surface area contributed by atoms with E-state index in [1.165, 1.54) is 0 Å². The standard InChI is InChI=1S/C17H16N6OS2/c1-10-7-11(2)23(20-10)17-19-13(9-25-17)5-6-18-16(24)12-3-4-14-15(8-12)22-26-21-14/h3-4,7-9H,5-6H2,1-2H3,(H,18,24). The van der Waals surface area contributed by atoms with Gasteiger partial charge in [-0.2, -0.15) is 13.8 Å². The molecule has 132 valence electrons. The molecule has 0 fully saturated rings. The van der Waals surface area contributed by atoms with E-state index in [4.69, 9.17) is 0 Å². The first-order valence-corrected chi connectivity index (χ1v) is 9.70. The molecule has 7 nitrogen and oxygen atoms in total. The number of carbonyl (C=O) groups excluding carboxylic acids is 1. The molecule has 1 aromatic carbocycles. The van der Waals surface area contributed by atoms with E-state index in [2.05, 4.69) is 24.1 Å². The van der Waals surface area contributed by atoms with E-state index in [0.717, 1.165) is 45.0 Å². The van der Waals surface area contributed by atoms with Crippen LogP contribution in [0.3, 0.4) is 0 Å². The van der Waals surface area contributed by atoms with Gasteiger partial charge in [0.25, 0.3) is 5.91 Å². The van der Waals surface area contributed by atoms with E-state index in [-0.39, 0.29) is 5.91 Å². The molecule has 3 heterocycles. The molecule has 0 aliphatic rings. The summed E-state index contributed by atoms with van der Waals surface area (Å²) in [7, 11) is 0. The van der Waals surface area contributed by atoms with Crippen molar-refractivity contribution in [1.29, 1.82) is 0 Å². The van der Waals surface area contributed by atoms with Crippen LogP contribution in [0.4, 0.5) is 0 Å². The Bertz CT molecular complexity index is 1080. The molecule has 4 aromatic rings. The van der Waals surface area contributed by atoms with Crippen molar-refractivity contribution in [3.05, 3.63) is 52.3 Å². The molecule has 0 bridgehead atoms. The number of hydrogen-bond donors (Lipinski definition) is 1. The third-order valence-electron chi connectivity index (χ3n) is 3.91. The largest absolute Gasteiger partial charge is 0.352 e. The molecule has 26 heavy (non-hydrogen) atoms. The van der Waals surface area contributed by atoms with Gasteiger partial charge >= 0.3 is 0 Å². The minimum Gasteiger partial charge on any atom is -0.352 e. The average Bonchev–Trinajstić information content (AvgIpc) is 3.33. The third-order valence-corrected chi connectivity index (χ3v) is 5.33. The van der Waals surface area contributed by atoms with Gasteiger partial charge in [-0.3, -0.25) is 4.79 Å². The number of carbonyl (C=O) groups is 1. The zero-order chi connectivity index (χ0) is 18.1. The van der Waals surface area contributed by atoms with Gasteiger partial charge in [0.2, 0.25) is 5.13 Å². The maximum Gasteiger partial charge on any atom is 0.251 e. The monoisotopic (exact) mass is 384 g/mol. The summed E-state index contributed by atoms with van der Waals surface area (Å²) in [5.41, 5.74) is 5.12. The molecule has 0 aliphatic carbocycles. The van der Waals surface area contributed by atoms with Gasteiger partial charge in [-0.25, -0.2) is 9.67 Å². The van der Waals surface area contributed by atoms with Gasteiger partial charge in [-0.05, 0) is 38.1 Å². The highest BCUT2D eigenvalue weighted by Crippen LogP contribution is 2.17. The maximum atomic E-state index is 12.3. The van der Waals surface area contributed by atoms with Crippen molar-refractivity contribution in [2.45, 2.75) is 20.3 Å². The Balaban J connectivity index is 1.37. The summed E-state index contributed by atoms with van der Waals surface area (Å²) in [6, 6.07) is 7.37. The number of aryl methyl sites for hydroxylation is 2. The third kappa shape index (κ3) is 3.35. The summed E-state index contributed by atoms with van der Waals surface area (Å²) in [5, 5.41) is 10.2. The Hall–Kier alpha value is -2.65. The van der Waals surface area contributed by atoms with Crippen LogP contribution >= 0.6 is 23.1 Å². The van der Waals surface area contributed by atoms with Gasteiger partial charge < -0.3 is 5.32 Å². The smallest absolute Gasteiger partial charge is 0.251 e. The fourth-order valence-corrected chi connectivity index (χ4v) is 4.04. The van der Waals surface area contributed by atoms with Crippen LogP contribution in [-0.4, -0.2) is 36.0 Å². The molecule has 0 saturated carbocycles. The number of benzene rings is 1. The summed E-state index contributed by atoms with van der Waals surface area (Å²) in [6.07, 6.45) is 0.669. The number of aromatic nitrogens is 5. The van der Waals surface area contributed by atoms with Gasteiger partial charge in [0.05, 0.1) is 23.1 Å². The van der Waals surface area contributed by atoms with Gasteiger partial charge in [0, 0.05) is 29.6 Å². The zero-order valence-electron chi connectivity index (χ0n) is 14.3. The molecule has 1 N–H and O–H groups in total. The molecule has 4 rings (SSSR count). The molecule has 0 atom stereocenters. The fraction of sp³-hybridized carbons (Fsp3) is 0.235. The molecular weight excluding hydrogens is 368 g/mol. The highest BCUT2D eigenvalue weighted by Gasteiger charge is 2.10. The van der Waals surface area contributed by atoms with Crippen LogP contribution in [0, 0.1) is 13.8 Å². The summed E-state index contributed by atoms with van der Waals surface area (Å²) >= 11 is 2.70. The lowest BCUT2D eigenvalue weighted by molar-refractivity contribution is 0.0954. The highest BCUT2D eigenvalue weighted by molar-refractivity contribution is 7.12. The van der Waals surface area contributed by atoms with Crippen LogP contribution < -0.4 is 5.32 Å². The van der Waals surface area contributed by atoms with Gasteiger partial charge in [0.1, 0.15) is 11.0 Å². The summed E-state index contributed by atoms with van der Waals surface area (Å²) < 4.78 is 10.2. The number of nitrogens with zero attached hydrogens (tertiary/aromatic N) is 5. The van der Waals surface area contributed by atoms with E-state index in [1.54, 1.807) is 23.5 Å². The number of thiazole rings is 1. The minimum atomic E-state index is -0.117. The number of rotatable bonds is 5. The van der Waals surface area contributed by atoms with Gasteiger partial charge in [-0.15, -0.1) is 11.3 Å². The molecule has 9 heteroatoms. The zero-order valence-corrected chi connectivity index (χ0v) is 15.9. The van der Waals surface area contributed by atoms with Crippen LogP contribution in [0.1, 0.15) is 27.4 Å².